The predicted octanol–water partition coefficient (Wildman–Crippen LogP) is 4.21. The van der Waals surface area contributed by atoms with Crippen molar-refractivity contribution >= 4 is 5.71 Å². The first-order chi connectivity index (χ1) is 10.7. The minimum absolute atomic E-state index is 0.813. The van der Waals surface area contributed by atoms with Crippen LogP contribution in [0.2, 0.25) is 0 Å². The van der Waals surface area contributed by atoms with E-state index < -0.39 is 0 Å². The fourth-order valence-electron chi connectivity index (χ4n) is 3.30. The number of benzene rings is 1. The van der Waals surface area contributed by atoms with E-state index >= 15 is 0 Å². The van der Waals surface area contributed by atoms with Crippen LogP contribution in [0, 0.1) is 12.8 Å². The van der Waals surface area contributed by atoms with Crippen LogP contribution in [0.5, 0.6) is 0 Å². The molecule has 116 valence electrons. The van der Waals surface area contributed by atoms with Crippen LogP contribution in [-0.2, 0) is 6.42 Å². The Morgan fingerprint density at radius 1 is 1.23 bits per heavy atom. The third-order valence-electron chi connectivity index (χ3n) is 4.73. The molecule has 2 aliphatic rings. The Hall–Kier alpha value is -1.83. The Bertz CT molecular complexity index is 587. The summed E-state index contributed by atoms with van der Waals surface area (Å²) < 4.78 is 0. The zero-order valence-electron chi connectivity index (χ0n) is 13.6. The maximum Gasteiger partial charge on any atom is 0.0803 e. The van der Waals surface area contributed by atoms with E-state index in [1.165, 1.54) is 42.4 Å². The van der Waals surface area contributed by atoms with E-state index in [0.29, 0.717) is 0 Å². The average Bonchev–Trinajstić information content (AvgIpc) is 3.19. The van der Waals surface area contributed by atoms with E-state index in [1.807, 2.05) is 0 Å². The summed E-state index contributed by atoms with van der Waals surface area (Å²) in [5.41, 5.74) is 6.08. The van der Waals surface area contributed by atoms with Gasteiger partial charge in [0, 0.05) is 6.54 Å². The number of rotatable bonds is 6. The van der Waals surface area contributed by atoms with E-state index in [0.717, 1.165) is 36.8 Å². The van der Waals surface area contributed by atoms with Gasteiger partial charge in [0.2, 0.25) is 0 Å². The van der Waals surface area contributed by atoms with Crippen molar-refractivity contribution in [2.45, 2.75) is 39.0 Å². The van der Waals surface area contributed by atoms with E-state index in [2.05, 4.69) is 54.2 Å². The van der Waals surface area contributed by atoms with Crippen LogP contribution in [-0.4, -0.2) is 18.8 Å². The SMILES string of the molecule is C=C(NCC1CCCC1)C1=NCC(Cc2ccc(C)cc2)=C1. The Kier molecular flexibility index (Phi) is 4.77. The minimum atomic E-state index is 0.813. The Morgan fingerprint density at radius 3 is 2.68 bits per heavy atom. The number of allylic oxidation sites excluding steroid dienone is 1. The molecule has 0 unspecified atom stereocenters. The third-order valence-corrected chi connectivity index (χ3v) is 4.73. The van der Waals surface area contributed by atoms with E-state index in [4.69, 9.17) is 0 Å². The first kappa shape index (κ1) is 15.1. The molecule has 3 rings (SSSR count). The van der Waals surface area contributed by atoms with Crippen LogP contribution >= 0.6 is 0 Å². The van der Waals surface area contributed by atoms with Crippen molar-refractivity contribution in [1.82, 2.24) is 5.32 Å². The number of aryl methyl sites for hydroxylation is 1. The van der Waals surface area contributed by atoms with E-state index in [-0.39, 0.29) is 0 Å². The lowest BCUT2D eigenvalue weighted by atomic mass is 10.0. The molecule has 0 bridgehead atoms. The van der Waals surface area contributed by atoms with Gasteiger partial charge in [0.15, 0.2) is 0 Å². The summed E-state index contributed by atoms with van der Waals surface area (Å²) in [6.45, 7) is 8.16. The Labute approximate surface area is 134 Å². The largest absolute Gasteiger partial charge is 0.384 e. The molecular formula is C20H26N2. The first-order valence-corrected chi connectivity index (χ1v) is 8.43. The van der Waals surface area contributed by atoms with Crippen molar-refractivity contribution in [3.8, 4) is 0 Å². The summed E-state index contributed by atoms with van der Waals surface area (Å²) in [7, 11) is 0. The van der Waals surface area contributed by atoms with Crippen LogP contribution in [0.3, 0.4) is 0 Å². The van der Waals surface area contributed by atoms with Gasteiger partial charge in [-0.25, -0.2) is 0 Å². The standard InChI is InChI=1S/C20H26N2/c1-15-7-9-17(10-8-15)11-19-12-20(22-14-19)16(2)21-13-18-5-3-4-6-18/h7-10,12,18,21H,2-6,11,13-14H2,1H3. The van der Waals surface area contributed by atoms with E-state index in [1.54, 1.807) is 0 Å². The number of aliphatic imine (C=N–C) groups is 1. The molecule has 1 heterocycles. The maximum absolute atomic E-state index is 4.64. The van der Waals surface area contributed by atoms with E-state index in [9.17, 15) is 0 Å². The molecule has 0 radical (unpaired) electrons. The van der Waals surface area contributed by atoms with Gasteiger partial charge in [-0.2, -0.15) is 0 Å². The molecule has 1 fully saturated rings. The topological polar surface area (TPSA) is 24.4 Å². The van der Waals surface area contributed by atoms with Crippen LogP contribution in [0.25, 0.3) is 0 Å². The van der Waals surface area contributed by atoms with Crippen molar-refractivity contribution in [2.75, 3.05) is 13.1 Å². The van der Waals surface area contributed by atoms with Crippen molar-refractivity contribution in [3.05, 3.63) is 59.3 Å². The summed E-state index contributed by atoms with van der Waals surface area (Å²) in [6.07, 6.45) is 8.70. The van der Waals surface area contributed by atoms with Gasteiger partial charge in [-0.15, -0.1) is 0 Å². The zero-order valence-corrected chi connectivity index (χ0v) is 13.6. The summed E-state index contributed by atoms with van der Waals surface area (Å²) in [6, 6.07) is 8.77. The lowest BCUT2D eigenvalue weighted by Crippen LogP contribution is -2.23. The zero-order chi connectivity index (χ0) is 15.4. The molecule has 1 saturated carbocycles. The van der Waals surface area contributed by atoms with Crippen molar-refractivity contribution in [1.29, 1.82) is 0 Å². The van der Waals surface area contributed by atoms with Crippen molar-refractivity contribution in [2.24, 2.45) is 10.9 Å². The second-order valence-electron chi connectivity index (χ2n) is 6.68. The first-order valence-electron chi connectivity index (χ1n) is 8.43. The number of hydrogen-bond donors (Lipinski definition) is 1. The number of nitrogens with one attached hydrogen (secondary N) is 1. The Balaban J connectivity index is 1.51. The minimum Gasteiger partial charge on any atom is -0.384 e. The normalized spacial score (nSPS) is 18.2. The molecule has 0 saturated heterocycles. The van der Waals surface area contributed by atoms with Gasteiger partial charge >= 0.3 is 0 Å². The van der Waals surface area contributed by atoms with Gasteiger partial charge in [0.05, 0.1) is 18.0 Å². The molecule has 0 spiro atoms. The van der Waals surface area contributed by atoms with Crippen LogP contribution < -0.4 is 5.32 Å². The quantitative estimate of drug-likeness (QED) is 0.835. The summed E-state index contributed by atoms with van der Waals surface area (Å²) in [4.78, 5) is 4.64. The molecular weight excluding hydrogens is 268 g/mol. The highest BCUT2D eigenvalue weighted by atomic mass is 14.9. The Morgan fingerprint density at radius 2 is 1.95 bits per heavy atom. The summed E-state index contributed by atoms with van der Waals surface area (Å²) >= 11 is 0. The molecule has 1 aromatic rings. The molecule has 1 aromatic carbocycles. The number of nitrogens with zero attached hydrogens (tertiary/aromatic N) is 1. The van der Waals surface area contributed by atoms with Crippen molar-refractivity contribution < 1.29 is 0 Å². The summed E-state index contributed by atoms with van der Waals surface area (Å²) in [5.74, 6) is 0.828. The molecule has 2 heteroatoms. The second kappa shape index (κ2) is 6.95. The highest BCUT2D eigenvalue weighted by Crippen LogP contribution is 2.24. The predicted molar refractivity (Wildman–Crippen MR) is 94.4 cm³/mol. The second-order valence-corrected chi connectivity index (χ2v) is 6.68. The van der Waals surface area contributed by atoms with Gasteiger partial charge in [0.1, 0.15) is 0 Å². The fourth-order valence-corrected chi connectivity index (χ4v) is 3.30. The molecule has 1 aliphatic heterocycles. The monoisotopic (exact) mass is 294 g/mol. The van der Waals surface area contributed by atoms with Gasteiger partial charge in [-0.05, 0) is 49.3 Å². The molecule has 0 amide bonds. The lowest BCUT2D eigenvalue weighted by molar-refractivity contribution is 0.523. The third kappa shape index (κ3) is 3.88. The molecule has 1 N–H and O–H groups in total. The average molecular weight is 294 g/mol. The van der Waals surface area contributed by atoms with Gasteiger partial charge in [-0.1, -0.05) is 49.2 Å². The lowest BCUT2D eigenvalue weighted by Gasteiger charge is -2.13. The molecule has 0 atom stereocenters. The van der Waals surface area contributed by atoms with Gasteiger partial charge in [-0.3, -0.25) is 4.99 Å². The highest BCUT2D eigenvalue weighted by Gasteiger charge is 2.16. The molecule has 22 heavy (non-hydrogen) atoms. The molecule has 0 aromatic heterocycles. The van der Waals surface area contributed by atoms with Crippen LogP contribution in [0.1, 0.15) is 36.8 Å². The fraction of sp³-hybridized carbons (Fsp3) is 0.450. The van der Waals surface area contributed by atoms with Crippen LogP contribution in [0.4, 0.5) is 0 Å². The molecule has 1 aliphatic carbocycles. The molecule has 2 nitrogen and oxygen atoms in total. The highest BCUT2D eigenvalue weighted by molar-refractivity contribution is 6.09. The van der Waals surface area contributed by atoms with Gasteiger partial charge in [0.25, 0.3) is 0 Å². The van der Waals surface area contributed by atoms with Gasteiger partial charge < -0.3 is 5.32 Å². The number of hydrogen-bond acceptors (Lipinski definition) is 2. The van der Waals surface area contributed by atoms with Crippen LogP contribution in [0.15, 0.2) is 53.2 Å². The van der Waals surface area contributed by atoms with Crippen molar-refractivity contribution in [3.63, 3.8) is 0 Å². The maximum atomic E-state index is 4.64. The smallest absolute Gasteiger partial charge is 0.0803 e. The summed E-state index contributed by atoms with van der Waals surface area (Å²) in [5, 5.41) is 3.49.